The van der Waals surface area contributed by atoms with E-state index in [-0.39, 0.29) is 0 Å². The fourth-order valence-corrected chi connectivity index (χ4v) is 3.38. The van der Waals surface area contributed by atoms with E-state index in [1.165, 1.54) is 0 Å². The van der Waals surface area contributed by atoms with Gasteiger partial charge in [0.25, 0.3) is 0 Å². The Morgan fingerprint density at radius 2 is 1.59 bits per heavy atom. The van der Waals surface area contributed by atoms with E-state index in [9.17, 15) is 0 Å². The fourth-order valence-electron chi connectivity index (χ4n) is 3.38. The molecule has 1 N–H and O–H groups in total. The van der Waals surface area contributed by atoms with E-state index in [4.69, 9.17) is 19.4 Å². The highest BCUT2D eigenvalue weighted by molar-refractivity contribution is 5.68. The summed E-state index contributed by atoms with van der Waals surface area (Å²) in [5.74, 6) is 2.56. The smallest absolute Gasteiger partial charge is 0.228 e. The van der Waals surface area contributed by atoms with Gasteiger partial charge in [0.2, 0.25) is 5.95 Å². The van der Waals surface area contributed by atoms with Crippen molar-refractivity contribution in [2.45, 2.75) is 6.92 Å². The number of nitrogens with zero attached hydrogens (tertiary/aromatic N) is 5. The van der Waals surface area contributed by atoms with Crippen LogP contribution in [0.3, 0.4) is 0 Å². The predicted molar refractivity (Wildman–Crippen MR) is 106 cm³/mol. The molecule has 0 amide bonds. The molecule has 2 aromatic rings. The summed E-state index contributed by atoms with van der Waals surface area (Å²) in [6.07, 6.45) is 1.88. The number of aryl methyl sites for hydroxylation is 1. The molecular formula is C19H26N6O2. The molecule has 0 bridgehead atoms. The van der Waals surface area contributed by atoms with Gasteiger partial charge >= 0.3 is 0 Å². The van der Waals surface area contributed by atoms with Crippen molar-refractivity contribution in [1.82, 2.24) is 15.0 Å². The van der Waals surface area contributed by atoms with Crippen LogP contribution in [0.5, 0.6) is 0 Å². The zero-order valence-electron chi connectivity index (χ0n) is 15.9. The van der Waals surface area contributed by atoms with E-state index in [1.54, 1.807) is 0 Å². The molecule has 144 valence electrons. The molecule has 2 aliphatic heterocycles. The number of pyridine rings is 1. The summed E-state index contributed by atoms with van der Waals surface area (Å²) in [4.78, 5) is 18.7. The van der Waals surface area contributed by atoms with E-state index < -0.39 is 0 Å². The topological polar surface area (TPSA) is 75.6 Å². The lowest BCUT2D eigenvalue weighted by atomic mass is 10.1. The minimum atomic E-state index is 0.706. The van der Waals surface area contributed by atoms with Gasteiger partial charge in [0, 0.05) is 51.1 Å². The van der Waals surface area contributed by atoms with E-state index >= 15 is 0 Å². The first-order chi connectivity index (χ1) is 13.2. The van der Waals surface area contributed by atoms with Crippen LogP contribution in [0, 0.1) is 6.92 Å². The number of anilines is 3. The van der Waals surface area contributed by atoms with Crippen LogP contribution < -0.4 is 15.1 Å². The van der Waals surface area contributed by atoms with Gasteiger partial charge in [-0.15, -0.1) is 0 Å². The van der Waals surface area contributed by atoms with Crippen molar-refractivity contribution >= 4 is 17.6 Å². The number of ether oxygens (including phenoxy) is 2. The molecule has 0 unspecified atom stereocenters. The standard InChI is InChI=1S/C19H26N6O2/c1-14-11-17(20-2)21-13-15(14)16-12-18(24-3-7-26-8-4-24)23-19(22-16)25-5-9-27-10-6-25/h11-13H,3-10H2,1-2H3,(H,20,21). The Bertz CT molecular complexity index is 752. The molecule has 4 heterocycles. The second kappa shape index (κ2) is 8.06. The quantitative estimate of drug-likeness (QED) is 0.869. The van der Waals surface area contributed by atoms with Gasteiger partial charge in [-0.1, -0.05) is 0 Å². The van der Waals surface area contributed by atoms with E-state index in [0.717, 1.165) is 73.8 Å². The highest BCUT2D eigenvalue weighted by Crippen LogP contribution is 2.28. The SMILES string of the molecule is CNc1cc(C)c(-c2cc(N3CCOCC3)nc(N3CCOCC3)n2)cn1. The Hall–Kier alpha value is -2.45. The average molecular weight is 370 g/mol. The number of nitrogens with one attached hydrogen (secondary N) is 1. The first kappa shape index (κ1) is 17.9. The second-order valence-corrected chi connectivity index (χ2v) is 6.74. The lowest BCUT2D eigenvalue weighted by Gasteiger charge is -2.31. The summed E-state index contributed by atoms with van der Waals surface area (Å²) in [5.41, 5.74) is 3.06. The molecule has 0 aromatic carbocycles. The van der Waals surface area contributed by atoms with Crippen LogP contribution in [0.4, 0.5) is 17.6 Å². The summed E-state index contributed by atoms with van der Waals surface area (Å²) < 4.78 is 11.0. The monoisotopic (exact) mass is 370 g/mol. The Labute approximate surface area is 159 Å². The summed E-state index contributed by atoms with van der Waals surface area (Å²) in [5, 5.41) is 3.08. The fraction of sp³-hybridized carbons (Fsp3) is 0.526. The van der Waals surface area contributed by atoms with Gasteiger partial charge in [-0.25, -0.2) is 9.97 Å². The number of rotatable bonds is 4. The zero-order chi connectivity index (χ0) is 18.6. The lowest BCUT2D eigenvalue weighted by Crippen LogP contribution is -2.39. The average Bonchev–Trinajstić information content (AvgIpc) is 2.74. The van der Waals surface area contributed by atoms with Crippen molar-refractivity contribution in [2.75, 3.05) is 74.8 Å². The third-order valence-corrected chi connectivity index (χ3v) is 4.97. The van der Waals surface area contributed by atoms with Gasteiger partial charge in [-0.3, -0.25) is 0 Å². The molecule has 2 fully saturated rings. The largest absolute Gasteiger partial charge is 0.378 e. The van der Waals surface area contributed by atoms with Gasteiger partial charge in [-0.05, 0) is 18.6 Å². The normalized spacial score (nSPS) is 17.9. The van der Waals surface area contributed by atoms with Crippen molar-refractivity contribution < 1.29 is 9.47 Å². The first-order valence-electron chi connectivity index (χ1n) is 9.44. The Morgan fingerprint density at radius 1 is 0.926 bits per heavy atom. The number of hydrogen-bond acceptors (Lipinski definition) is 8. The van der Waals surface area contributed by atoms with Crippen LogP contribution >= 0.6 is 0 Å². The molecule has 4 rings (SSSR count). The highest BCUT2D eigenvalue weighted by atomic mass is 16.5. The second-order valence-electron chi connectivity index (χ2n) is 6.74. The van der Waals surface area contributed by atoms with Crippen LogP contribution in [0.25, 0.3) is 11.3 Å². The van der Waals surface area contributed by atoms with Crippen LogP contribution in [-0.2, 0) is 9.47 Å². The molecule has 2 saturated heterocycles. The summed E-state index contributed by atoms with van der Waals surface area (Å²) in [6, 6.07) is 4.11. The molecule has 0 saturated carbocycles. The molecule has 2 aliphatic rings. The predicted octanol–water partition coefficient (Wildman–Crippen LogP) is 1.56. The van der Waals surface area contributed by atoms with E-state index in [1.807, 2.05) is 19.3 Å². The van der Waals surface area contributed by atoms with Gasteiger partial charge < -0.3 is 24.6 Å². The zero-order valence-corrected chi connectivity index (χ0v) is 15.9. The molecule has 0 atom stereocenters. The minimum absolute atomic E-state index is 0.706. The molecular weight excluding hydrogens is 344 g/mol. The van der Waals surface area contributed by atoms with Crippen molar-refractivity contribution in [2.24, 2.45) is 0 Å². The van der Waals surface area contributed by atoms with Crippen molar-refractivity contribution in [3.05, 3.63) is 23.9 Å². The van der Waals surface area contributed by atoms with Crippen molar-refractivity contribution in [1.29, 1.82) is 0 Å². The molecule has 8 nitrogen and oxygen atoms in total. The summed E-state index contributed by atoms with van der Waals surface area (Å²) in [6.45, 7) is 8.25. The highest BCUT2D eigenvalue weighted by Gasteiger charge is 2.20. The van der Waals surface area contributed by atoms with Crippen LogP contribution in [0.15, 0.2) is 18.3 Å². The number of aromatic nitrogens is 3. The Balaban J connectivity index is 1.75. The summed E-state index contributed by atoms with van der Waals surface area (Å²) >= 11 is 0. The Kier molecular flexibility index (Phi) is 5.35. The third-order valence-electron chi connectivity index (χ3n) is 4.97. The van der Waals surface area contributed by atoms with Gasteiger partial charge in [0.1, 0.15) is 11.6 Å². The molecule has 2 aromatic heterocycles. The maximum atomic E-state index is 5.50. The maximum Gasteiger partial charge on any atom is 0.228 e. The molecule has 0 spiro atoms. The van der Waals surface area contributed by atoms with Crippen LogP contribution in [0.1, 0.15) is 5.56 Å². The molecule has 27 heavy (non-hydrogen) atoms. The summed E-state index contributed by atoms with van der Waals surface area (Å²) in [7, 11) is 1.87. The van der Waals surface area contributed by atoms with Crippen molar-refractivity contribution in [3.63, 3.8) is 0 Å². The minimum Gasteiger partial charge on any atom is -0.378 e. The number of hydrogen-bond donors (Lipinski definition) is 1. The van der Waals surface area contributed by atoms with E-state index in [2.05, 4.69) is 33.1 Å². The van der Waals surface area contributed by atoms with Gasteiger partial charge in [-0.2, -0.15) is 4.98 Å². The van der Waals surface area contributed by atoms with Gasteiger partial charge in [0.05, 0.1) is 32.1 Å². The molecule has 0 aliphatic carbocycles. The van der Waals surface area contributed by atoms with E-state index in [0.29, 0.717) is 13.2 Å². The molecule has 8 heteroatoms. The van der Waals surface area contributed by atoms with Crippen LogP contribution in [0.2, 0.25) is 0 Å². The maximum absolute atomic E-state index is 5.50. The third kappa shape index (κ3) is 3.96. The van der Waals surface area contributed by atoms with Crippen molar-refractivity contribution in [3.8, 4) is 11.3 Å². The lowest BCUT2D eigenvalue weighted by molar-refractivity contribution is 0.121. The number of morpholine rings is 2. The molecule has 0 radical (unpaired) electrons. The first-order valence-corrected chi connectivity index (χ1v) is 9.44. The Morgan fingerprint density at radius 3 is 2.22 bits per heavy atom. The van der Waals surface area contributed by atoms with Crippen LogP contribution in [-0.4, -0.2) is 74.6 Å². The van der Waals surface area contributed by atoms with Gasteiger partial charge in [0.15, 0.2) is 0 Å².